The van der Waals surface area contributed by atoms with E-state index >= 15 is 0 Å². The van der Waals surface area contributed by atoms with E-state index in [2.05, 4.69) is 10.1 Å². The molecule has 0 bridgehead atoms. The topological polar surface area (TPSA) is 211 Å². The number of benzene rings is 1. The molecule has 1 aromatic carbocycles. The van der Waals surface area contributed by atoms with Crippen LogP contribution in [-0.4, -0.2) is 167 Å². The molecule has 0 aliphatic rings. The largest absolute Gasteiger partial charge is 0.491 e. The Balaban J connectivity index is 1.67. The number of nitro benzene ring substituents is 1. The molecular formula is C30H50N2O16. The second-order valence-corrected chi connectivity index (χ2v) is 9.35. The fourth-order valence-corrected chi connectivity index (χ4v) is 3.29. The van der Waals surface area contributed by atoms with Gasteiger partial charge in [-0.25, -0.2) is 4.79 Å². The van der Waals surface area contributed by atoms with Gasteiger partial charge in [-0.3, -0.25) is 14.9 Å². The molecule has 0 aliphatic heterocycles. The molecule has 1 amide bonds. The summed E-state index contributed by atoms with van der Waals surface area (Å²) < 4.78 is 58.9. The predicted octanol–water partition coefficient (Wildman–Crippen LogP) is 0.340. The zero-order valence-corrected chi connectivity index (χ0v) is 27.4. The number of aliphatic carboxylic acids is 1. The van der Waals surface area contributed by atoms with E-state index in [4.69, 9.17) is 52.5 Å². The molecule has 0 unspecified atom stereocenters. The van der Waals surface area contributed by atoms with Crippen molar-refractivity contribution >= 4 is 17.6 Å². The van der Waals surface area contributed by atoms with Crippen molar-refractivity contribution in [3.63, 3.8) is 0 Å². The molecular weight excluding hydrogens is 644 g/mol. The summed E-state index contributed by atoms with van der Waals surface area (Å²) in [6, 6.07) is 5.87. The van der Waals surface area contributed by atoms with E-state index in [0.29, 0.717) is 138 Å². The van der Waals surface area contributed by atoms with Crippen molar-refractivity contribution in [2.75, 3.05) is 145 Å². The predicted molar refractivity (Wildman–Crippen MR) is 167 cm³/mol. The highest BCUT2D eigenvalue weighted by atomic mass is 16.6. The Bertz CT molecular complexity index is 925. The molecule has 0 fully saturated rings. The SMILES string of the molecule is O=C(O)COCC(=O)NCCOCCOCCOCCOCCOCCOCCOCCOCCOCCOc1ccc([N+](=O)[O-])cc1. The number of nitro groups is 1. The number of rotatable bonds is 36. The van der Waals surface area contributed by atoms with Crippen molar-refractivity contribution < 1.29 is 71.7 Å². The highest BCUT2D eigenvalue weighted by molar-refractivity contribution is 5.77. The van der Waals surface area contributed by atoms with Crippen molar-refractivity contribution in [2.24, 2.45) is 0 Å². The number of carbonyl (C=O) groups excluding carboxylic acids is 1. The molecule has 0 atom stereocenters. The number of amides is 1. The van der Waals surface area contributed by atoms with Crippen LogP contribution < -0.4 is 10.1 Å². The van der Waals surface area contributed by atoms with Gasteiger partial charge in [0.1, 0.15) is 25.6 Å². The number of nitrogens with zero attached hydrogens (tertiary/aromatic N) is 1. The van der Waals surface area contributed by atoms with Crippen LogP contribution in [0.5, 0.6) is 5.75 Å². The number of carboxylic acid groups (broad SMARTS) is 1. The molecule has 0 saturated heterocycles. The summed E-state index contributed by atoms with van der Waals surface area (Å²) in [5.41, 5.74) is 0.0171. The van der Waals surface area contributed by atoms with Crippen molar-refractivity contribution in [3.8, 4) is 5.75 Å². The zero-order chi connectivity index (χ0) is 34.8. The van der Waals surface area contributed by atoms with Crippen molar-refractivity contribution in [1.29, 1.82) is 0 Å². The van der Waals surface area contributed by atoms with Crippen LogP contribution >= 0.6 is 0 Å². The van der Waals surface area contributed by atoms with Gasteiger partial charge in [-0.2, -0.15) is 0 Å². The molecule has 2 N–H and O–H groups in total. The van der Waals surface area contributed by atoms with Gasteiger partial charge < -0.3 is 62.5 Å². The number of carbonyl (C=O) groups is 2. The van der Waals surface area contributed by atoms with E-state index in [0.717, 1.165) is 0 Å². The van der Waals surface area contributed by atoms with Crippen LogP contribution in [0.25, 0.3) is 0 Å². The molecule has 0 spiro atoms. The second kappa shape index (κ2) is 32.5. The van der Waals surface area contributed by atoms with Gasteiger partial charge in [-0.15, -0.1) is 0 Å². The Hall–Kier alpha value is -3.04. The van der Waals surface area contributed by atoms with Crippen molar-refractivity contribution in [1.82, 2.24) is 5.32 Å². The maximum absolute atomic E-state index is 11.4. The molecule has 0 radical (unpaired) electrons. The van der Waals surface area contributed by atoms with Gasteiger partial charge in [0.25, 0.3) is 5.69 Å². The molecule has 48 heavy (non-hydrogen) atoms. The highest BCUT2D eigenvalue weighted by Crippen LogP contribution is 2.17. The summed E-state index contributed by atoms with van der Waals surface area (Å²) in [6.07, 6.45) is 0. The maximum atomic E-state index is 11.4. The van der Waals surface area contributed by atoms with Gasteiger partial charge in [0.05, 0.1) is 124 Å². The average molecular weight is 695 g/mol. The lowest BCUT2D eigenvalue weighted by molar-refractivity contribution is -0.384. The van der Waals surface area contributed by atoms with E-state index in [9.17, 15) is 19.7 Å². The third kappa shape index (κ3) is 29.1. The number of ether oxygens (including phenoxy) is 11. The molecule has 276 valence electrons. The summed E-state index contributed by atoms with van der Waals surface area (Å²) >= 11 is 0. The fourth-order valence-electron chi connectivity index (χ4n) is 3.29. The fraction of sp³-hybridized carbons (Fsp3) is 0.733. The number of nitrogens with one attached hydrogen (secondary N) is 1. The molecule has 18 nitrogen and oxygen atoms in total. The Morgan fingerprint density at radius 3 is 1.25 bits per heavy atom. The summed E-state index contributed by atoms with van der Waals surface area (Å²) in [6.45, 7) is 7.51. The smallest absolute Gasteiger partial charge is 0.329 e. The molecule has 1 rings (SSSR count). The molecule has 0 saturated carbocycles. The first kappa shape index (κ1) is 43.0. The van der Waals surface area contributed by atoms with E-state index in [1.165, 1.54) is 12.1 Å². The minimum atomic E-state index is -1.13. The lowest BCUT2D eigenvalue weighted by Crippen LogP contribution is -2.31. The van der Waals surface area contributed by atoms with Gasteiger partial charge in [0.2, 0.25) is 5.91 Å². The van der Waals surface area contributed by atoms with Crippen LogP contribution in [0.4, 0.5) is 5.69 Å². The third-order valence-corrected chi connectivity index (χ3v) is 5.55. The first-order chi connectivity index (χ1) is 23.5. The average Bonchev–Trinajstić information content (AvgIpc) is 3.07. The summed E-state index contributed by atoms with van der Waals surface area (Å²) in [7, 11) is 0. The normalized spacial score (nSPS) is 11.1. The summed E-state index contributed by atoms with van der Waals surface area (Å²) in [5, 5.41) is 21.6. The summed E-state index contributed by atoms with van der Waals surface area (Å²) in [4.78, 5) is 31.8. The first-order valence-corrected chi connectivity index (χ1v) is 15.6. The number of hydrogen-bond acceptors (Lipinski definition) is 15. The van der Waals surface area contributed by atoms with Gasteiger partial charge in [-0.1, -0.05) is 0 Å². The van der Waals surface area contributed by atoms with Crippen LogP contribution in [0.3, 0.4) is 0 Å². The van der Waals surface area contributed by atoms with Gasteiger partial charge >= 0.3 is 5.97 Å². The Morgan fingerprint density at radius 1 is 0.542 bits per heavy atom. The molecule has 0 aliphatic carbocycles. The van der Waals surface area contributed by atoms with Crippen molar-refractivity contribution in [3.05, 3.63) is 34.4 Å². The van der Waals surface area contributed by atoms with Gasteiger partial charge in [-0.05, 0) is 12.1 Å². The van der Waals surface area contributed by atoms with Crippen LogP contribution in [0.15, 0.2) is 24.3 Å². The Labute approximate surface area is 280 Å². The molecule has 0 heterocycles. The lowest BCUT2D eigenvalue weighted by Gasteiger charge is -2.09. The molecule has 18 heteroatoms. The molecule has 1 aromatic rings. The second-order valence-electron chi connectivity index (χ2n) is 9.35. The zero-order valence-electron chi connectivity index (χ0n) is 27.4. The summed E-state index contributed by atoms with van der Waals surface area (Å²) in [5.74, 6) is -0.987. The minimum absolute atomic E-state index is 0.0171. The standard InChI is InChI=1S/C30H50N2O16/c33-29(25-47-26-30(34)35)31-5-6-38-7-8-39-9-10-40-11-12-41-13-14-42-15-16-43-17-18-44-19-20-45-21-22-46-23-24-48-28-3-1-27(2-4-28)32(36)37/h1-4H,5-26H2,(H,31,33)(H,34,35). The van der Waals surface area contributed by atoms with Gasteiger partial charge in [0.15, 0.2) is 0 Å². The van der Waals surface area contributed by atoms with Crippen molar-refractivity contribution in [2.45, 2.75) is 0 Å². The first-order valence-electron chi connectivity index (χ1n) is 15.6. The van der Waals surface area contributed by atoms with E-state index in [1.807, 2.05) is 0 Å². The third-order valence-electron chi connectivity index (χ3n) is 5.55. The number of hydrogen-bond donors (Lipinski definition) is 2. The van der Waals surface area contributed by atoms with Crippen LogP contribution in [0.1, 0.15) is 0 Å². The minimum Gasteiger partial charge on any atom is -0.491 e. The Kier molecular flexibility index (Phi) is 29.1. The van der Waals surface area contributed by atoms with E-state index in [-0.39, 0.29) is 12.3 Å². The van der Waals surface area contributed by atoms with Crippen LogP contribution in [-0.2, 0) is 57.0 Å². The maximum Gasteiger partial charge on any atom is 0.329 e. The Morgan fingerprint density at radius 2 is 0.896 bits per heavy atom. The van der Waals surface area contributed by atoms with E-state index in [1.54, 1.807) is 12.1 Å². The highest BCUT2D eigenvalue weighted by Gasteiger charge is 2.05. The monoisotopic (exact) mass is 694 g/mol. The molecule has 0 aromatic heterocycles. The lowest BCUT2D eigenvalue weighted by atomic mass is 10.3. The number of non-ortho nitro benzene ring substituents is 1. The quantitative estimate of drug-likeness (QED) is 0.0551. The van der Waals surface area contributed by atoms with Crippen LogP contribution in [0, 0.1) is 10.1 Å². The van der Waals surface area contributed by atoms with Gasteiger partial charge in [0, 0.05) is 18.7 Å². The van der Waals surface area contributed by atoms with Crippen LogP contribution in [0.2, 0.25) is 0 Å². The number of carboxylic acids is 1. The van der Waals surface area contributed by atoms with E-state index < -0.39 is 23.4 Å².